The summed E-state index contributed by atoms with van der Waals surface area (Å²) in [5.74, 6) is -0.375. The molecule has 4 rings (SSSR count). The summed E-state index contributed by atoms with van der Waals surface area (Å²) in [7, 11) is 0. The maximum absolute atomic E-state index is 14.1. The molecule has 5 nitrogen and oxygen atoms in total. The molecule has 2 bridgehead atoms. The Morgan fingerprint density at radius 3 is 2.33 bits per heavy atom. The molecular formula is C23H31BrFN3O2. The lowest BCUT2D eigenvalue weighted by atomic mass is 9.78. The topological polar surface area (TPSA) is 84.2 Å². The summed E-state index contributed by atoms with van der Waals surface area (Å²) in [6.07, 6.45) is 7.21. The van der Waals surface area contributed by atoms with Crippen LogP contribution in [-0.2, 0) is 16.1 Å². The minimum absolute atomic E-state index is 0.0243. The molecule has 3 aliphatic rings. The lowest BCUT2D eigenvalue weighted by Gasteiger charge is -2.29. The Bertz CT molecular complexity index is 814. The van der Waals surface area contributed by atoms with Crippen LogP contribution in [0, 0.1) is 34.9 Å². The third kappa shape index (κ3) is 4.03. The summed E-state index contributed by atoms with van der Waals surface area (Å²) in [4.78, 5) is 26.3. The number of nitrogens with two attached hydrogens (primary N) is 1. The van der Waals surface area contributed by atoms with Gasteiger partial charge in [-0.15, -0.1) is 0 Å². The van der Waals surface area contributed by atoms with E-state index in [2.05, 4.69) is 26.6 Å². The Morgan fingerprint density at radius 2 is 1.73 bits per heavy atom. The van der Waals surface area contributed by atoms with Gasteiger partial charge in [0.25, 0.3) is 0 Å². The number of hydrogen-bond donors (Lipinski definition) is 3. The molecule has 1 aromatic carbocycles. The second-order valence-electron chi connectivity index (χ2n) is 9.17. The van der Waals surface area contributed by atoms with E-state index in [0.717, 1.165) is 44.9 Å². The largest absolute Gasteiger partial charge is 0.356 e. The molecule has 4 atom stereocenters. The van der Waals surface area contributed by atoms with E-state index < -0.39 is 0 Å². The number of halogens is 2. The molecule has 0 aromatic heterocycles. The highest BCUT2D eigenvalue weighted by molar-refractivity contribution is 9.10. The quantitative estimate of drug-likeness (QED) is 0.473. The Kier molecular flexibility index (Phi) is 6.49. The van der Waals surface area contributed by atoms with Crippen molar-refractivity contribution in [3.63, 3.8) is 0 Å². The number of benzene rings is 1. The summed E-state index contributed by atoms with van der Waals surface area (Å²) < 4.78 is 14.8. The minimum Gasteiger partial charge on any atom is -0.356 e. The van der Waals surface area contributed by atoms with Crippen LogP contribution in [0.2, 0.25) is 0 Å². The first kappa shape index (κ1) is 21.8. The molecule has 3 saturated carbocycles. The number of amides is 2. The summed E-state index contributed by atoms with van der Waals surface area (Å²) >= 11 is 3.25. The van der Waals surface area contributed by atoms with E-state index in [1.54, 1.807) is 12.1 Å². The highest BCUT2D eigenvalue weighted by Crippen LogP contribution is 2.74. The third-order valence-electron chi connectivity index (χ3n) is 7.60. The van der Waals surface area contributed by atoms with E-state index in [-0.39, 0.29) is 47.3 Å². The van der Waals surface area contributed by atoms with Crippen LogP contribution < -0.4 is 16.4 Å². The molecule has 2 amide bonds. The summed E-state index contributed by atoms with van der Waals surface area (Å²) in [6.45, 7) is 1.45. The number of nitrogens with one attached hydrogen (secondary N) is 2. The second kappa shape index (κ2) is 8.95. The molecule has 30 heavy (non-hydrogen) atoms. The zero-order valence-electron chi connectivity index (χ0n) is 17.3. The Balaban J connectivity index is 1.41. The van der Waals surface area contributed by atoms with Crippen LogP contribution in [0.25, 0.3) is 0 Å². The molecule has 0 heterocycles. The van der Waals surface area contributed by atoms with Gasteiger partial charge in [-0.25, -0.2) is 4.39 Å². The predicted molar refractivity (Wildman–Crippen MR) is 117 cm³/mol. The van der Waals surface area contributed by atoms with Crippen molar-refractivity contribution in [1.82, 2.24) is 10.6 Å². The van der Waals surface area contributed by atoms with Crippen LogP contribution in [0.15, 0.2) is 22.7 Å². The second-order valence-corrected chi connectivity index (χ2v) is 10.1. The zero-order valence-corrected chi connectivity index (χ0v) is 18.8. The highest BCUT2D eigenvalue weighted by atomic mass is 79.9. The fourth-order valence-corrected chi connectivity index (χ4v) is 6.44. The van der Waals surface area contributed by atoms with E-state index >= 15 is 0 Å². The summed E-state index contributed by atoms with van der Waals surface area (Å²) in [5.41, 5.74) is 6.19. The first-order chi connectivity index (χ1) is 14.5. The number of carbonyl (C=O) groups excluding carboxylic acids is 2. The van der Waals surface area contributed by atoms with Crippen molar-refractivity contribution in [1.29, 1.82) is 0 Å². The van der Waals surface area contributed by atoms with Gasteiger partial charge in [0.05, 0.1) is 11.8 Å². The highest BCUT2D eigenvalue weighted by Gasteiger charge is 2.71. The fraction of sp³-hybridized carbons (Fsp3) is 0.652. The van der Waals surface area contributed by atoms with E-state index in [1.165, 1.54) is 6.07 Å². The van der Waals surface area contributed by atoms with Crippen LogP contribution in [0.4, 0.5) is 4.39 Å². The molecule has 0 aliphatic heterocycles. The smallest absolute Gasteiger partial charge is 0.224 e. The summed E-state index contributed by atoms with van der Waals surface area (Å²) in [6, 6.07) is 4.84. The first-order valence-corrected chi connectivity index (χ1v) is 12.0. The lowest BCUT2D eigenvalue weighted by molar-refractivity contribution is -0.137. The van der Waals surface area contributed by atoms with Crippen molar-refractivity contribution in [2.45, 2.75) is 51.5 Å². The molecule has 1 spiro atoms. The molecule has 164 valence electrons. The van der Waals surface area contributed by atoms with Crippen LogP contribution in [-0.4, -0.2) is 24.9 Å². The average molecular weight is 480 g/mol. The third-order valence-corrected chi connectivity index (χ3v) is 8.09. The fourth-order valence-electron chi connectivity index (χ4n) is 6.10. The normalized spacial score (nSPS) is 28.0. The van der Waals surface area contributed by atoms with E-state index in [0.29, 0.717) is 29.0 Å². The molecule has 3 aliphatic carbocycles. The molecule has 3 fully saturated rings. The standard InChI is InChI=1S/C23H31BrFN3O2/c24-15-5-4-14(18(25)12-15)13-28-22(30)20-17-7-6-16(23(17)8-9-23)19(20)21(29)27-11-3-1-2-10-26/h4-5,12,16-17,19-20H,1-3,6-11,13,26H2,(H,27,29)(H,28,30)/t16-,17+,19-,20-/m1/s1. The van der Waals surface area contributed by atoms with Gasteiger partial charge in [-0.05, 0) is 74.5 Å². The van der Waals surface area contributed by atoms with Gasteiger partial charge in [-0.3, -0.25) is 9.59 Å². The van der Waals surface area contributed by atoms with Gasteiger partial charge in [-0.1, -0.05) is 28.4 Å². The average Bonchev–Trinajstić information content (AvgIpc) is 3.39. The van der Waals surface area contributed by atoms with Crippen molar-refractivity contribution in [3.05, 3.63) is 34.1 Å². The van der Waals surface area contributed by atoms with Crippen molar-refractivity contribution in [2.24, 2.45) is 34.8 Å². The number of rotatable bonds is 9. The maximum Gasteiger partial charge on any atom is 0.224 e. The van der Waals surface area contributed by atoms with Crippen LogP contribution >= 0.6 is 15.9 Å². The van der Waals surface area contributed by atoms with E-state index in [4.69, 9.17) is 5.73 Å². The summed E-state index contributed by atoms with van der Waals surface area (Å²) in [5, 5.41) is 6.02. The van der Waals surface area contributed by atoms with Gasteiger partial charge in [0, 0.05) is 23.1 Å². The predicted octanol–water partition coefficient (Wildman–Crippen LogP) is 3.50. The van der Waals surface area contributed by atoms with E-state index in [1.807, 2.05) is 0 Å². The van der Waals surface area contributed by atoms with Crippen molar-refractivity contribution >= 4 is 27.7 Å². The number of carbonyl (C=O) groups is 2. The molecule has 4 N–H and O–H groups in total. The van der Waals surface area contributed by atoms with Crippen LogP contribution in [0.1, 0.15) is 50.5 Å². The Hall–Kier alpha value is -1.47. The molecule has 1 aromatic rings. The monoisotopic (exact) mass is 479 g/mol. The van der Waals surface area contributed by atoms with Gasteiger partial charge >= 0.3 is 0 Å². The Labute approximate surface area is 185 Å². The van der Waals surface area contributed by atoms with Crippen LogP contribution in [0.5, 0.6) is 0 Å². The van der Waals surface area contributed by atoms with Gasteiger partial charge in [-0.2, -0.15) is 0 Å². The maximum atomic E-state index is 14.1. The molecular weight excluding hydrogens is 449 g/mol. The number of hydrogen-bond acceptors (Lipinski definition) is 3. The lowest BCUT2D eigenvalue weighted by Crippen LogP contribution is -2.45. The van der Waals surface area contributed by atoms with Gasteiger partial charge in [0.1, 0.15) is 5.82 Å². The van der Waals surface area contributed by atoms with Gasteiger partial charge < -0.3 is 16.4 Å². The van der Waals surface area contributed by atoms with Gasteiger partial charge in [0.15, 0.2) is 0 Å². The zero-order chi connectivity index (χ0) is 21.3. The van der Waals surface area contributed by atoms with Gasteiger partial charge in [0.2, 0.25) is 11.8 Å². The molecule has 0 radical (unpaired) electrons. The van der Waals surface area contributed by atoms with Crippen molar-refractivity contribution in [2.75, 3.05) is 13.1 Å². The molecule has 0 unspecified atom stereocenters. The van der Waals surface area contributed by atoms with Crippen molar-refractivity contribution < 1.29 is 14.0 Å². The Morgan fingerprint density at radius 1 is 1.07 bits per heavy atom. The number of unbranched alkanes of at least 4 members (excludes halogenated alkanes) is 2. The minimum atomic E-state index is -0.344. The van der Waals surface area contributed by atoms with Crippen molar-refractivity contribution in [3.8, 4) is 0 Å². The SMILES string of the molecule is NCCCCCNC(=O)[C@H]1[C@H](C(=O)NCc2ccc(Br)cc2F)[C@@H]2CC[C@H]1C21CC1. The molecule has 0 saturated heterocycles. The van der Waals surface area contributed by atoms with Crippen LogP contribution in [0.3, 0.4) is 0 Å². The first-order valence-electron chi connectivity index (χ1n) is 11.2. The van der Waals surface area contributed by atoms with E-state index in [9.17, 15) is 14.0 Å². The molecule has 7 heteroatoms.